The van der Waals surface area contributed by atoms with E-state index in [1.165, 1.54) is 17.0 Å². The second-order valence-corrected chi connectivity index (χ2v) is 6.07. The standard InChI is InChI=1S/C19H22N2O6/c22-16-7-3-1-5-14(16)11-20(13-18(24)25)9-10-21(19(26)27)12-15-6-2-4-8-17(15)23/h1-8,22-23H,9-13H2,(H,24,25)(H,26,27). The molecule has 0 aliphatic rings. The zero-order valence-corrected chi connectivity index (χ0v) is 14.7. The average Bonchev–Trinajstić information content (AvgIpc) is 2.61. The third kappa shape index (κ3) is 6.19. The van der Waals surface area contributed by atoms with E-state index < -0.39 is 12.1 Å². The van der Waals surface area contributed by atoms with E-state index in [0.29, 0.717) is 11.1 Å². The van der Waals surface area contributed by atoms with Crippen molar-refractivity contribution in [2.24, 2.45) is 0 Å². The molecule has 144 valence electrons. The van der Waals surface area contributed by atoms with Crippen molar-refractivity contribution in [3.8, 4) is 11.5 Å². The maximum Gasteiger partial charge on any atom is 0.407 e. The van der Waals surface area contributed by atoms with Crippen molar-refractivity contribution in [2.45, 2.75) is 13.1 Å². The van der Waals surface area contributed by atoms with Crippen LogP contribution in [0.25, 0.3) is 0 Å². The fourth-order valence-electron chi connectivity index (χ4n) is 2.65. The molecule has 0 aliphatic heterocycles. The number of amides is 1. The number of carboxylic acid groups (broad SMARTS) is 2. The molecule has 0 aromatic heterocycles. The Morgan fingerprint density at radius 3 is 1.78 bits per heavy atom. The van der Waals surface area contributed by atoms with E-state index in [2.05, 4.69) is 0 Å². The van der Waals surface area contributed by atoms with Crippen molar-refractivity contribution >= 4 is 12.1 Å². The highest BCUT2D eigenvalue weighted by atomic mass is 16.4. The zero-order valence-electron chi connectivity index (χ0n) is 14.7. The van der Waals surface area contributed by atoms with Crippen LogP contribution in [-0.2, 0) is 17.9 Å². The summed E-state index contributed by atoms with van der Waals surface area (Å²) in [6.07, 6.45) is -1.17. The third-order valence-electron chi connectivity index (χ3n) is 4.05. The summed E-state index contributed by atoms with van der Waals surface area (Å²) in [6.45, 7) is 0.0615. The van der Waals surface area contributed by atoms with E-state index >= 15 is 0 Å². The topological polar surface area (TPSA) is 122 Å². The molecule has 0 saturated carbocycles. The first-order chi connectivity index (χ1) is 12.9. The fraction of sp³-hybridized carbons (Fsp3) is 0.263. The van der Waals surface area contributed by atoms with E-state index in [-0.39, 0.29) is 44.2 Å². The SMILES string of the molecule is O=C(O)CN(CCN(Cc1ccccc1O)C(=O)O)Cc1ccccc1O. The highest BCUT2D eigenvalue weighted by Crippen LogP contribution is 2.19. The smallest absolute Gasteiger partial charge is 0.407 e. The summed E-state index contributed by atoms with van der Waals surface area (Å²) >= 11 is 0. The van der Waals surface area contributed by atoms with Gasteiger partial charge in [0.2, 0.25) is 0 Å². The van der Waals surface area contributed by atoms with Gasteiger partial charge in [0.25, 0.3) is 0 Å². The van der Waals surface area contributed by atoms with Crippen molar-refractivity contribution in [1.29, 1.82) is 0 Å². The molecule has 0 saturated heterocycles. The minimum atomic E-state index is -1.17. The Morgan fingerprint density at radius 2 is 1.30 bits per heavy atom. The minimum absolute atomic E-state index is 0.000324. The summed E-state index contributed by atoms with van der Waals surface area (Å²) in [5.41, 5.74) is 1.02. The van der Waals surface area contributed by atoms with Gasteiger partial charge in [-0.15, -0.1) is 0 Å². The fourth-order valence-corrected chi connectivity index (χ4v) is 2.65. The molecule has 0 radical (unpaired) electrons. The second kappa shape index (κ2) is 9.44. The van der Waals surface area contributed by atoms with Gasteiger partial charge in [0.1, 0.15) is 11.5 Å². The minimum Gasteiger partial charge on any atom is -0.508 e. The molecule has 0 unspecified atom stereocenters. The van der Waals surface area contributed by atoms with Crippen LogP contribution in [0, 0.1) is 0 Å². The molecule has 1 amide bonds. The van der Waals surface area contributed by atoms with Crippen LogP contribution in [0.3, 0.4) is 0 Å². The van der Waals surface area contributed by atoms with Gasteiger partial charge in [-0.05, 0) is 12.1 Å². The predicted molar refractivity (Wildman–Crippen MR) is 97.6 cm³/mol. The molecule has 0 heterocycles. The average molecular weight is 374 g/mol. The molecule has 2 aromatic rings. The quantitative estimate of drug-likeness (QED) is 0.531. The van der Waals surface area contributed by atoms with Crippen LogP contribution < -0.4 is 0 Å². The summed E-state index contributed by atoms with van der Waals surface area (Å²) in [6, 6.07) is 13.0. The van der Waals surface area contributed by atoms with Crippen LogP contribution in [0.4, 0.5) is 4.79 Å². The van der Waals surface area contributed by atoms with Gasteiger partial charge in [-0.2, -0.15) is 0 Å². The highest BCUT2D eigenvalue weighted by molar-refractivity contribution is 5.69. The van der Waals surface area contributed by atoms with Gasteiger partial charge in [-0.3, -0.25) is 9.69 Å². The lowest BCUT2D eigenvalue weighted by molar-refractivity contribution is -0.138. The Morgan fingerprint density at radius 1 is 0.778 bits per heavy atom. The van der Waals surface area contributed by atoms with Crippen LogP contribution in [0.5, 0.6) is 11.5 Å². The Kier molecular flexibility index (Phi) is 7.01. The largest absolute Gasteiger partial charge is 0.508 e. The Balaban J connectivity index is 2.06. The summed E-state index contributed by atoms with van der Waals surface area (Å²) in [5, 5.41) is 38.2. The van der Waals surface area contributed by atoms with E-state index in [1.54, 1.807) is 36.4 Å². The van der Waals surface area contributed by atoms with Gasteiger partial charge in [-0.1, -0.05) is 36.4 Å². The number of phenols is 2. The first kappa shape index (κ1) is 20.1. The monoisotopic (exact) mass is 374 g/mol. The van der Waals surface area contributed by atoms with Crippen molar-refractivity contribution in [3.63, 3.8) is 0 Å². The van der Waals surface area contributed by atoms with Crippen molar-refractivity contribution in [2.75, 3.05) is 19.6 Å². The van der Waals surface area contributed by atoms with Crippen molar-refractivity contribution < 1.29 is 30.0 Å². The first-order valence-corrected chi connectivity index (χ1v) is 8.32. The molecule has 27 heavy (non-hydrogen) atoms. The normalized spacial score (nSPS) is 10.7. The molecule has 4 N–H and O–H groups in total. The molecule has 2 rings (SSSR count). The number of para-hydroxylation sites is 2. The number of aliphatic carboxylic acids is 1. The molecule has 0 aliphatic carbocycles. The highest BCUT2D eigenvalue weighted by Gasteiger charge is 2.18. The predicted octanol–water partition coefficient (Wildman–Crippen LogP) is 2.16. The lowest BCUT2D eigenvalue weighted by atomic mass is 10.2. The number of nitrogens with zero attached hydrogens (tertiary/aromatic N) is 2. The van der Waals surface area contributed by atoms with Gasteiger partial charge in [0.15, 0.2) is 0 Å². The Labute approximate surface area is 156 Å². The number of hydrogen-bond acceptors (Lipinski definition) is 5. The van der Waals surface area contributed by atoms with Gasteiger partial charge >= 0.3 is 12.1 Å². The summed E-state index contributed by atoms with van der Waals surface area (Å²) in [7, 11) is 0. The molecule has 8 heteroatoms. The number of hydrogen-bond donors (Lipinski definition) is 4. The van der Waals surface area contributed by atoms with Crippen LogP contribution in [0.2, 0.25) is 0 Å². The number of phenolic OH excluding ortho intramolecular Hbond substituents is 2. The molecule has 0 bridgehead atoms. The number of rotatable bonds is 9. The lowest BCUT2D eigenvalue weighted by Crippen LogP contribution is -2.39. The Hall–Kier alpha value is -3.26. The first-order valence-electron chi connectivity index (χ1n) is 8.32. The molecular formula is C19H22N2O6. The summed E-state index contributed by atoms with van der Waals surface area (Å²) in [4.78, 5) is 25.3. The maximum atomic E-state index is 11.5. The van der Waals surface area contributed by atoms with E-state index in [9.17, 15) is 24.9 Å². The maximum absolute atomic E-state index is 11.5. The van der Waals surface area contributed by atoms with Gasteiger partial charge < -0.3 is 25.3 Å². The van der Waals surface area contributed by atoms with Crippen molar-refractivity contribution in [1.82, 2.24) is 9.80 Å². The van der Waals surface area contributed by atoms with Crippen LogP contribution in [-0.4, -0.2) is 61.9 Å². The van der Waals surface area contributed by atoms with Gasteiger partial charge in [-0.25, -0.2) is 4.79 Å². The third-order valence-corrected chi connectivity index (χ3v) is 4.05. The summed E-state index contributed by atoms with van der Waals surface area (Å²) in [5.74, 6) is -0.995. The molecule has 0 fully saturated rings. The molecule has 2 aromatic carbocycles. The second-order valence-electron chi connectivity index (χ2n) is 6.07. The number of carbonyl (C=O) groups is 2. The molecular weight excluding hydrogens is 352 g/mol. The van der Waals surface area contributed by atoms with E-state index in [0.717, 1.165) is 4.90 Å². The zero-order chi connectivity index (χ0) is 19.8. The Bertz CT molecular complexity index is 795. The van der Waals surface area contributed by atoms with Crippen LogP contribution in [0.15, 0.2) is 48.5 Å². The number of carboxylic acids is 1. The van der Waals surface area contributed by atoms with E-state index in [1.807, 2.05) is 0 Å². The lowest BCUT2D eigenvalue weighted by Gasteiger charge is -2.25. The number of benzene rings is 2. The molecule has 8 nitrogen and oxygen atoms in total. The molecule has 0 spiro atoms. The molecule has 0 atom stereocenters. The van der Waals surface area contributed by atoms with Crippen LogP contribution >= 0.6 is 0 Å². The number of aromatic hydroxyl groups is 2. The van der Waals surface area contributed by atoms with Crippen molar-refractivity contribution in [3.05, 3.63) is 59.7 Å². The van der Waals surface area contributed by atoms with E-state index in [4.69, 9.17) is 5.11 Å². The van der Waals surface area contributed by atoms with Gasteiger partial charge in [0, 0.05) is 30.8 Å². The van der Waals surface area contributed by atoms with Gasteiger partial charge in [0.05, 0.1) is 13.1 Å². The van der Waals surface area contributed by atoms with Crippen LogP contribution in [0.1, 0.15) is 11.1 Å². The summed E-state index contributed by atoms with van der Waals surface area (Å²) < 4.78 is 0.